The number of rotatable bonds is 5. The van der Waals surface area contributed by atoms with Gasteiger partial charge in [0.15, 0.2) is 0 Å². The molecular weight excluding hydrogens is 332 g/mol. The lowest BCUT2D eigenvalue weighted by Crippen LogP contribution is -2.46. The molecule has 7 nitrogen and oxygen atoms in total. The van der Waals surface area contributed by atoms with Gasteiger partial charge in [-0.3, -0.25) is 9.36 Å². The third-order valence-electron chi connectivity index (χ3n) is 3.99. The molecule has 0 bridgehead atoms. The second kappa shape index (κ2) is 8.15. The molecule has 1 heterocycles. The van der Waals surface area contributed by atoms with E-state index in [1.165, 1.54) is 11.6 Å². The Kier molecular flexibility index (Phi) is 5.95. The number of hydrogen-bond donors (Lipinski definition) is 2. The highest BCUT2D eigenvalue weighted by Gasteiger charge is 2.23. The van der Waals surface area contributed by atoms with Gasteiger partial charge in [-0.1, -0.05) is 55.1 Å². The molecule has 0 saturated heterocycles. The topological polar surface area (TPSA) is 99.1 Å². The Hall–Kier alpha value is -3.35. The first kappa shape index (κ1) is 19.0. The number of imidazole rings is 1. The fourth-order valence-corrected chi connectivity index (χ4v) is 2.54. The molecule has 0 aliphatic heterocycles. The highest BCUT2D eigenvalue weighted by molar-refractivity contribution is 5.87. The molecule has 1 atom stereocenters. The summed E-state index contributed by atoms with van der Waals surface area (Å²) in [6.07, 6.45) is 6.01. The van der Waals surface area contributed by atoms with Crippen molar-refractivity contribution >= 4 is 24.6 Å². The van der Waals surface area contributed by atoms with Crippen LogP contribution in [0, 0.1) is 0 Å². The van der Waals surface area contributed by atoms with Gasteiger partial charge in [-0.25, -0.2) is 14.2 Å². The molecule has 2 rings (SSSR count). The predicted molar refractivity (Wildman–Crippen MR) is 101 cm³/mol. The highest BCUT2D eigenvalue weighted by atomic mass is 16.2. The summed E-state index contributed by atoms with van der Waals surface area (Å²) in [6.45, 7) is 5.73. The van der Waals surface area contributed by atoms with E-state index in [4.69, 9.17) is 5.73 Å². The van der Waals surface area contributed by atoms with Crippen molar-refractivity contribution in [1.82, 2.24) is 14.5 Å². The smallest absolute Gasteiger partial charge is 0.337 e. The third-order valence-corrected chi connectivity index (χ3v) is 3.99. The Morgan fingerprint density at radius 3 is 2.54 bits per heavy atom. The largest absolute Gasteiger partial charge is 0.368 e. The lowest BCUT2D eigenvalue weighted by Gasteiger charge is -2.15. The molecule has 0 aliphatic carbocycles. The molecule has 0 unspecified atom stereocenters. The lowest BCUT2D eigenvalue weighted by molar-refractivity contribution is -0.119. The Bertz CT molecular complexity index is 1000. The number of nitrogens with zero attached hydrogens (tertiary/aromatic N) is 2. The summed E-state index contributed by atoms with van der Waals surface area (Å²) in [7, 11) is 1.53. The number of aromatic nitrogens is 2. The Morgan fingerprint density at radius 1 is 1.31 bits per heavy atom. The number of nitrogens with one attached hydrogen (secondary N) is 1. The highest BCUT2D eigenvalue weighted by Crippen LogP contribution is 2.11. The molecular formula is C19H22N4O3. The van der Waals surface area contributed by atoms with Gasteiger partial charge < -0.3 is 11.1 Å². The van der Waals surface area contributed by atoms with Crippen LogP contribution in [0.4, 0.5) is 4.79 Å². The number of carbonyl (C=O) groups excluding carboxylic acids is 2. The minimum Gasteiger partial charge on any atom is -0.368 e. The first-order chi connectivity index (χ1) is 12.4. The molecule has 0 aliphatic rings. The van der Waals surface area contributed by atoms with Gasteiger partial charge in [0.1, 0.15) is 6.04 Å². The summed E-state index contributed by atoms with van der Waals surface area (Å²) in [4.78, 5) is 37.0. The average molecular weight is 354 g/mol. The minimum atomic E-state index is -1.05. The minimum absolute atomic E-state index is 0.379. The standard InChI is InChI=1S/C19H22N4O3/c1-4-5-7-12-15-13(2)22(3)19(26)23(15)18(25)21-16(17(20)24)14-10-8-6-9-11-14/h4-6,8-12,16H,2,7H2,1,3H3,(H2,20,24)(H,21,25)/b5-4-,15-12+/t16-/m0/s1. The number of primary amides is 1. The van der Waals surface area contributed by atoms with Crippen LogP contribution in [0.1, 0.15) is 24.9 Å². The van der Waals surface area contributed by atoms with Gasteiger partial charge in [0.2, 0.25) is 5.91 Å². The maximum absolute atomic E-state index is 12.7. The maximum atomic E-state index is 12.7. The van der Waals surface area contributed by atoms with Crippen molar-refractivity contribution in [3.05, 3.63) is 69.2 Å². The van der Waals surface area contributed by atoms with Gasteiger partial charge in [-0.05, 0) is 18.9 Å². The van der Waals surface area contributed by atoms with E-state index in [9.17, 15) is 14.4 Å². The van der Waals surface area contributed by atoms with E-state index in [1.807, 2.05) is 19.1 Å². The van der Waals surface area contributed by atoms with Crippen molar-refractivity contribution in [3.63, 3.8) is 0 Å². The zero-order valence-electron chi connectivity index (χ0n) is 14.8. The summed E-state index contributed by atoms with van der Waals surface area (Å²) in [6, 6.07) is 6.82. The van der Waals surface area contributed by atoms with Crippen molar-refractivity contribution in [2.24, 2.45) is 12.8 Å². The van der Waals surface area contributed by atoms with Crippen LogP contribution in [-0.4, -0.2) is 21.1 Å². The summed E-state index contributed by atoms with van der Waals surface area (Å²) < 4.78 is 2.24. The monoisotopic (exact) mass is 354 g/mol. The first-order valence-corrected chi connectivity index (χ1v) is 8.11. The zero-order chi connectivity index (χ0) is 19.3. The molecule has 136 valence electrons. The summed E-state index contributed by atoms with van der Waals surface area (Å²) in [5, 5.41) is 3.32. The lowest BCUT2D eigenvalue weighted by atomic mass is 10.1. The van der Waals surface area contributed by atoms with Crippen molar-refractivity contribution in [2.75, 3.05) is 0 Å². The van der Waals surface area contributed by atoms with Crippen LogP contribution in [0.5, 0.6) is 0 Å². The van der Waals surface area contributed by atoms with Crippen LogP contribution in [0.15, 0.2) is 47.3 Å². The van der Waals surface area contributed by atoms with Gasteiger partial charge in [0, 0.05) is 7.05 Å². The maximum Gasteiger partial charge on any atom is 0.337 e. The summed E-state index contributed by atoms with van der Waals surface area (Å²) in [5.74, 6) is -0.720. The van der Waals surface area contributed by atoms with E-state index in [1.54, 1.807) is 36.4 Å². The molecule has 0 radical (unpaired) electrons. The molecule has 3 N–H and O–H groups in total. The molecule has 1 aromatic carbocycles. The van der Waals surface area contributed by atoms with Crippen LogP contribution in [0.2, 0.25) is 0 Å². The van der Waals surface area contributed by atoms with Gasteiger partial charge in [0.05, 0.1) is 10.7 Å². The Morgan fingerprint density at radius 2 is 1.96 bits per heavy atom. The van der Waals surface area contributed by atoms with E-state index >= 15 is 0 Å². The van der Waals surface area contributed by atoms with E-state index in [0.717, 1.165) is 4.57 Å². The summed E-state index contributed by atoms with van der Waals surface area (Å²) >= 11 is 0. The predicted octanol–water partition coefficient (Wildman–Crippen LogP) is 0.128. The van der Waals surface area contributed by atoms with Gasteiger partial charge in [-0.2, -0.15) is 0 Å². The van der Waals surface area contributed by atoms with E-state index in [-0.39, 0.29) is 0 Å². The van der Waals surface area contributed by atoms with Gasteiger partial charge >= 0.3 is 11.7 Å². The second-order valence-electron chi connectivity index (χ2n) is 5.71. The number of nitrogens with two attached hydrogens (primary N) is 1. The van der Waals surface area contributed by atoms with Gasteiger partial charge in [0.25, 0.3) is 0 Å². The number of carbonyl (C=O) groups is 2. The normalized spacial score (nSPS) is 13.1. The second-order valence-corrected chi connectivity index (χ2v) is 5.71. The molecule has 7 heteroatoms. The van der Waals surface area contributed by atoms with Crippen LogP contribution < -0.4 is 27.4 Å². The van der Waals surface area contributed by atoms with Crippen molar-refractivity contribution < 1.29 is 9.59 Å². The summed E-state index contributed by atoms with van der Waals surface area (Å²) in [5.41, 5.74) is 5.42. The van der Waals surface area contributed by atoms with Crippen molar-refractivity contribution in [3.8, 4) is 0 Å². The number of benzene rings is 1. The van der Waals surface area contributed by atoms with Crippen LogP contribution >= 0.6 is 0 Å². The Balaban J connectivity index is 2.48. The molecule has 0 fully saturated rings. The number of hydrogen-bond acceptors (Lipinski definition) is 3. The van der Waals surface area contributed by atoms with E-state index in [0.29, 0.717) is 22.7 Å². The zero-order valence-corrected chi connectivity index (χ0v) is 14.8. The SMILES string of the molecule is C=c1/c(=C\C/C=C\C)n(C(=O)N[C@H](C(N)=O)c2ccccc2)c(=O)n1C. The number of amides is 2. The average Bonchev–Trinajstić information content (AvgIpc) is 2.84. The third kappa shape index (κ3) is 3.83. The van der Waals surface area contributed by atoms with Crippen LogP contribution in [0.3, 0.4) is 0 Å². The fraction of sp³-hybridized carbons (Fsp3) is 0.211. The van der Waals surface area contributed by atoms with E-state index in [2.05, 4.69) is 11.9 Å². The molecule has 2 amide bonds. The first-order valence-electron chi connectivity index (χ1n) is 8.11. The fourth-order valence-electron chi connectivity index (χ4n) is 2.54. The van der Waals surface area contributed by atoms with E-state index < -0.39 is 23.7 Å². The van der Waals surface area contributed by atoms with Gasteiger partial charge in [-0.15, -0.1) is 0 Å². The van der Waals surface area contributed by atoms with Crippen LogP contribution in [0.25, 0.3) is 12.7 Å². The van der Waals surface area contributed by atoms with Crippen molar-refractivity contribution in [2.45, 2.75) is 19.4 Å². The molecule has 0 saturated carbocycles. The molecule has 1 aromatic heterocycles. The van der Waals surface area contributed by atoms with Crippen LogP contribution in [-0.2, 0) is 11.8 Å². The quantitative estimate of drug-likeness (QED) is 0.747. The van der Waals surface area contributed by atoms with Crippen molar-refractivity contribution in [1.29, 1.82) is 0 Å². The Labute approximate surface area is 150 Å². The molecule has 0 spiro atoms. The molecule has 26 heavy (non-hydrogen) atoms. The number of allylic oxidation sites excluding steroid dienone is 2. The molecule has 2 aromatic rings.